The highest BCUT2D eigenvalue weighted by Gasteiger charge is 2.27. The summed E-state index contributed by atoms with van der Waals surface area (Å²) in [6.07, 6.45) is -3.06. The molecule has 2 aromatic rings. The lowest BCUT2D eigenvalue weighted by molar-refractivity contribution is -0.174. The van der Waals surface area contributed by atoms with Crippen LogP contribution in [0.25, 0.3) is 11.2 Å². The topological polar surface area (TPSA) is 62.1 Å². The molecule has 0 bridgehead atoms. The largest absolute Gasteiger partial charge is 0.479 e. The van der Waals surface area contributed by atoms with E-state index in [-0.39, 0.29) is 24.9 Å². The first-order valence-corrected chi connectivity index (χ1v) is 6.44. The van der Waals surface area contributed by atoms with Crippen LogP contribution in [0.5, 0.6) is 5.88 Å². The first-order valence-electron chi connectivity index (χ1n) is 5.91. The summed E-state index contributed by atoms with van der Waals surface area (Å²) in [7, 11) is 1.44. The lowest BCUT2D eigenvalue weighted by atomic mass is 10.5. The number of ether oxygens (including phenoxy) is 2. The molecule has 0 amide bonds. The fraction of sp³-hybridized carbons (Fsp3) is 0.545. The molecule has 0 unspecified atom stereocenters. The van der Waals surface area contributed by atoms with Crippen LogP contribution in [0.4, 0.5) is 13.2 Å². The van der Waals surface area contributed by atoms with Crippen molar-refractivity contribution in [3.05, 3.63) is 12.2 Å². The summed E-state index contributed by atoms with van der Waals surface area (Å²) in [6.45, 7) is -1.29. The van der Waals surface area contributed by atoms with Crippen LogP contribution in [0, 0.1) is 0 Å². The maximum atomic E-state index is 12.0. The van der Waals surface area contributed by atoms with E-state index in [4.69, 9.17) is 16.3 Å². The number of aromatic nitrogens is 4. The predicted octanol–water partition coefficient (Wildman–Crippen LogP) is 2.15. The van der Waals surface area contributed by atoms with E-state index in [1.807, 2.05) is 0 Å². The van der Waals surface area contributed by atoms with Crippen LogP contribution in [-0.4, -0.2) is 46.0 Å². The summed E-state index contributed by atoms with van der Waals surface area (Å²) >= 11 is 5.79. The molecule has 10 heteroatoms. The number of imidazole rings is 1. The minimum Gasteiger partial charge on any atom is -0.479 e. The molecule has 0 aliphatic carbocycles. The van der Waals surface area contributed by atoms with Gasteiger partial charge in [0.1, 0.15) is 18.8 Å². The van der Waals surface area contributed by atoms with E-state index in [1.165, 1.54) is 13.4 Å². The smallest absolute Gasteiger partial charge is 0.411 e. The fourth-order valence-electron chi connectivity index (χ4n) is 1.79. The Kier molecular flexibility index (Phi) is 4.84. The van der Waals surface area contributed by atoms with E-state index in [2.05, 4.69) is 19.7 Å². The molecular weight excluding hydrogens is 313 g/mol. The zero-order valence-electron chi connectivity index (χ0n) is 11.0. The number of methoxy groups -OCH3 is 1. The van der Waals surface area contributed by atoms with Crippen LogP contribution in [0.1, 0.15) is 5.82 Å². The van der Waals surface area contributed by atoms with Gasteiger partial charge in [-0.05, 0) is 0 Å². The fourth-order valence-corrected chi connectivity index (χ4v) is 2.00. The molecule has 21 heavy (non-hydrogen) atoms. The van der Waals surface area contributed by atoms with Crippen molar-refractivity contribution in [3.8, 4) is 5.88 Å². The van der Waals surface area contributed by atoms with Gasteiger partial charge >= 0.3 is 6.18 Å². The average Bonchev–Trinajstić information content (AvgIpc) is 2.80. The van der Waals surface area contributed by atoms with Crippen molar-refractivity contribution in [2.24, 2.45) is 0 Å². The van der Waals surface area contributed by atoms with Crippen molar-refractivity contribution < 1.29 is 22.6 Å². The van der Waals surface area contributed by atoms with Crippen molar-refractivity contribution in [1.82, 2.24) is 19.5 Å². The van der Waals surface area contributed by atoms with Crippen LogP contribution in [0.3, 0.4) is 0 Å². The van der Waals surface area contributed by atoms with Crippen LogP contribution in [0.2, 0.25) is 0 Å². The number of alkyl halides is 4. The maximum absolute atomic E-state index is 12.0. The lowest BCUT2D eigenvalue weighted by Gasteiger charge is -2.09. The molecule has 116 valence electrons. The Morgan fingerprint density at radius 3 is 2.71 bits per heavy atom. The lowest BCUT2D eigenvalue weighted by Crippen LogP contribution is -2.19. The third kappa shape index (κ3) is 3.73. The zero-order chi connectivity index (χ0) is 15.5. The first kappa shape index (κ1) is 15.8. The highest BCUT2D eigenvalue weighted by Crippen LogP contribution is 2.22. The highest BCUT2D eigenvalue weighted by atomic mass is 35.5. The van der Waals surface area contributed by atoms with Gasteiger partial charge < -0.3 is 14.0 Å². The molecule has 0 N–H and O–H groups in total. The van der Waals surface area contributed by atoms with Crippen molar-refractivity contribution >= 4 is 22.8 Å². The normalized spacial score (nSPS) is 12.0. The van der Waals surface area contributed by atoms with Gasteiger partial charge in [0.05, 0.1) is 19.6 Å². The average molecular weight is 325 g/mol. The maximum Gasteiger partial charge on any atom is 0.411 e. The Morgan fingerprint density at radius 2 is 2.10 bits per heavy atom. The van der Waals surface area contributed by atoms with Crippen molar-refractivity contribution in [3.63, 3.8) is 0 Å². The molecule has 0 fully saturated rings. The van der Waals surface area contributed by atoms with Crippen LogP contribution < -0.4 is 4.74 Å². The molecule has 0 aliphatic rings. The number of hydrogen-bond acceptors (Lipinski definition) is 5. The third-order valence-corrected chi connectivity index (χ3v) is 2.85. The standard InChI is InChI=1S/C11H12ClF3N4O2/c1-20-10-8-9(16-6-17-10)19(7(4-12)18-8)2-3-21-5-11(13,14)15/h6H,2-5H2,1H3. The van der Waals surface area contributed by atoms with Crippen molar-refractivity contribution in [2.45, 2.75) is 18.6 Å². The van der Waals surface area contributed by atoms with Gasteiger partial charge in [0, 0.05) is 6.54 Å². The molecule has 2 rings (SSSR count). The number of fused-ring (bicyclic) bond motifs is 1. The summed E-state index contributed by atoms with van der Waals surface area (Å²) < 4.78 is 47.3. The second-order valence-corrected chi connectivity index (χ2v) is 4.30. The monoisotopic (exact) mass is 324 g/mol. The van der Waals surface area contributed by atoms with Crippen LogP contribution >= 0.6 is 11.6 Å². The van der Waals surface area contributed by atoms with Gasteiger partial charge in [-0.1, -0.05) is 0 Å². The predicted molar refractivity (Wildman–Crippen MR) is 68.3 cm³/mol. The Hall–Kier alpha value is -1.61. The van der Waals surface area contributed by atoms with Gasteiger partial charge in [0.25, 0.3) is 0 Å². The number of nitrogens with zero attached hydrogens (tertiary/aromatic N) is 4. The molecule has 2 heterocycles. The van der Waals surface area contributed by atoms with Gasteiger partial charge in [-0.3, -0.25) is 0 Å². The van der Waals surface area contributed by atoms with E-state index in [9.17, 15) is 13.2 Å². The molecular formula is C11H12ClF3N4O2. The van der Waals surface area contributed by atoms with E-state index in [0.717, 1.165) is 0 Å². The minimum absolute atomic E-state index is 0.0821. The molecule has 0 saturated carbocycles. The molecule has 0 radical (unpaired) electrons. The van der Waals surface area contributed by atoms with Gasteiger partial charge in [0.2, 0.25) is 5.88 Å². The molecule has 0 aromatic carbocycles. The summed E-state index contributed by atoms with van der Waals surface area (Å²) in [6, 6.07) is 0. The van der Waals surface area contributed by atoms with Gasteiger partial charge in [0.15, 0.2) is 11.2 Å². The molecule has 2 aromatic heterocycles. The van der Waals surface area contributed by atoms with Gasteiger partial charge in [-0.2, -0.15) is 18.2 Å². The highest BCUT2D eigenvalue weighted by molar-refractivity contribution is 6.16. The Bertz CT molecular complexity index is 617. The first-order chi connectivity index (χ1) is 9.96. The molecule has 0 spiro atoms. The summed E-state index contributed by atoms with van der Waals surface area (Å²) in [5.41, 5.74) is 0.847. The van der Waals surface area contributed by atoms with Crippen molar-refractivity contribution in [2.75, 3.05) is 20.3 Å². The molecule has 0 saturated heterocycles. The van der Waals surface area contributed by atoms with Gasteiger partial charge in [-0.25, -0.2) is 9.97 Å². The Labute approximate surface area is 122 Å². The zero-order valence-corrected chi connectivity index (χ0v) is 11.8. The summed E-state index contributed by atoms with van der Waals surface area (Å²) in [5, 5.41) is 0. The van der Waals surface area contributed by atoms with E-state index >= 15 is 0 Å². The second kappa shape index (κ2) is 6.44. The SMILES string of the molecule is COc1ncnc2c1nc(CCl)n2CCOCC(F)(F)F. The molecule has 6 nitrogen and oxygen atoms in total. The third-order valence-electron chi connectivity index (χ3n) is 2.62. The van der Waals surface area contributed by atoms with Gasteiger partial charge in [-0.15, -0.1) is 11.6 Å². The number of hydrogen-bond donors (Lipinski definition) is 0. The van der Waals surface area contributed by atoms with Crippen LogP contribution in [-0.2, 0) is 17.2 Å². The second-order valence-electron chi connectivity index (χ2n) is 4.04. The Morgan fingerprint density at radius 1 is 1.33 bits per heavy atom. The van der Waals surface area contributed by atoms with Crippen molar-refractivity contribution in [1.29, 1.82) is 0 Å². The Balaban J connectivity index is 2.18. The minimum atomic E-state index is -4.35. The van der Waals surface area contributed by atoms with E-state index in [1.54, 1.807) is 4.57 Å². The number of rotatable bonds is 6. The van der Waals surface area contributed by atoms with E-state index < -0.39 is 12.8 Å². The van der Waals surface area contributed by atoms with E-state index in [0.29, 0.717) is 17.0 Å². The summed E-state index contributed by atoms with van der Waals surface area (Å²) in [5.74, 6) is 0.820. The summed E-state index contributed by atoms with van der Waals surface area (Å²) in [4.78, 5) is 12.2. The molecule has 0 aliphatic heterocycles. The molecule has 0 atom stereocenters. The number of halogens is 4. The quantitative estimate of drug-likeness (QED) is 0.602. The van der Waals surface area contributed by atoms with Crippen LogP contribution in [0.15, 0.2) is 6.33 Å².